The quantitative estimate of drug-likeness (QED) is 0.763. The summed E-state index contributed by atoms with van der Waals surface area (Å²) in [6.45, 7) is 1.56. The number of ether oxygens (including phenoxy) is 2. The summed E-state index contributed by atoms with van der Waals surface area (Å²) in [7, 11) is 1.66. The van der Waals surface area contributed by atoms with Crippen molar-refractivity contribution in [2.75, 3.05) is 25.6 Å². The minimum atomic E-state index is 0.699. The SMILES string of the molecule is COc1cc(NCCCOc2ccccc2)ccc1Br. The highest BCUT2D eigenvalue weighted by atomic mass is 79.9. The van der Waals surface area contributed by atoms with E-state index in [-0.39, 0.29) is 0 Å². The molecule has 2 aromatic rings. The zero-order valence-corrected chi connectivity index (χ0v) is 13.0. The summed E-state index contributed by atoms with van der Waals surface area (Å²) in [4.78, 5) is 0. The number of halogens is 1. The van der Waals surface area contributed by atoms with Crippen LogP contribution in [0.4, 0.5) is 5.69 Å². The summed E-state index contributed by atoms with van der Waals surface area (Å²) in [6, 6.07) is 15.8. The Hall–Kier alpha value is -1.68. The lowest BCUT2D eigenvalue weighted by atomic mass is 10.3. The number of rotatable bonds is 7. The summed E-state index contributed by atoms with van der Waals surface area (Å²) >= 11 is 3.44. The minimum Gasteiger partial charge on any atom is -0.495 e. The van der Waals surface area contributed by atoms with Crippen molar-refractivity contribution in [3.05, 3.63) is 53.0 Å². The van der Waals surface area contributed by atoms with Crippen LogP contribution in [0.5, 0.6) is 11.5 Å². The standard InChI is InChI=1S/C16H18BrNO2/c1-19-16-12-13(8-9-15(16)17)18-10-5-11-20-14-6-3-2-4-7-14/h2-4,6-9,12,18H,5,10-11H2,1H3. The highest BCUT2D eigenvalue weighted by Crippen LogP contribution is 2.27. The van der Waals surface area contributed by atoms with Crippen molar-refractivity contribution in [1.82, 2.24) is 0 Å². The zero-order chi connectivity index (χ0) is 14.2. The number of benzene rings is 2. The third kappa shape index (κ3) is 4.46. The second-order valence-corrected chi connectivity index (χ2v) is 5.15. The Morgan fingerprint density at radius 2 is 1.90 bits per heavy atom. The Morgan fingerprint density at radius 3 is 2.65 bits per heavy atom. The molecule has 0 amide bonds. The van der Waals surface area contributed by atoms with Crippen molar-refractivity contribution >= 4 is 21.6 Å². The van der Waals surface area contributed by atoms with Gasteiger partial charge in [-0.1, -0.05) is 18.2 Å². The van der Waals surface area contributed by atoms with Gasteiger partial charge < -0.3 is 14.8 Å². The van der Waals surface area contributed by atoms with Gasteiger partial charge in [0.05, 0.1) is 18.2 Å². The van der Waals surface area contributed by atoms with Crippen LogP contribution in [0.2, 0.25) is 0 Å². The molecule has 0 saturated heterocycles. The van der Waals surface area contributed by atoms with Gasteiger partial charge in [0.15, 0.2) is 0 Å². The lowest BCUT2D eigenvalue weighted by Gasteiger charge is -2.10. The molecule has 4 heteroatoms. The summed E-state index contributed by atoms with van der Waals surface area (Å²) in [5.41, 5.74) is 1.05. The topological polar surface area (TPSA) is 30.5 Å². The van der Waals surface area contributed by atoms with Gasteiger partial charge in [0, 0.05) is 18.3 Å². The predicted molar refractivity (Wildman–Crippen MR) is 85.7 cm³/mol. The molecule has 0 saturated carbocycles. The largest absolute Gasteiger partial charge is 0.495 e. The molecule has 0 spiro atoms. The highest BCUT2D eigenvalue weighted by molar-refractivity contribution is 9.10. The van der Waals surface area contributed by atoms with E-state index in [9.17, 15) is 0 Å². The van der Waals surface area contributed by atoms with Gasteiger partial charge in [-0.25, -0.2) is 0 Å². The molecule has 0 fully saturated rings. The zero-order valence-electron chi connectivity index (χ0n) is 11.4. The van der Waals surface area contributed by atoms with E-state index in [1.165, 1.54) is 0 Å². The molecular formula is C16H18BrNO2. The molecule has 0 aliphatic heterocycles. The van der Waals surface area contributed by atoms with Crippen LogP contribution in [0.1, 0.15) is 6.42 Å². The molecule has 0 atom stereocenters. The first-order chi connectivity index (χ1) is 9.79. The molecule has 0 unspecified atom stereocenters. The van der Waals surface area contributed by atoms with E-state index in [1.807, 2.05) is 48.5 Å². The lowest BCUT2D eigenvalue weighted by molar-refractivity contribution is 0.315. The molecule has 1 N–H and O–H groups in total. The minimum absolute atomic E-state index is 0.699. The first-order valence-corrected chi connectivity index (χ1v) is 7.34. The average Bonchev–Trinajstić information content (AvgIpc) is 2.49. The van der Waals surface area contributed by atoms with Crippen LogP contribution in [0.15, 0.2) is 53.0 Å². The van der Waals surface area contributed by atoms with Crippen molar-refractivity contribution in [1.29, 1.82) is 0 Å². The number of nitrogens with one attached hydrogen (secondary N) is 1. The second-order valence-electron chi connectivity index (χ2n) is 4.29. The van der Waals surface area contributed by atoms with Crippen LogP contribution in [0.3, 0.4) is 0 Å². The van der Waals surface area contributed by atoms with Gasteiger partial charge in [0.25, 0.3) is 0 Å². The number of anilines is 1. The maximum absolute atomic E-state index is 5.64. The Labute approximate surface area is 128 Å². The number of para-hydroxylation sites is 1. The molecule has 0 aliphatic carbocycles. The van der Waals surface area contributed by atoms with Gasteiger partial charge in [-0.15, -0.1) is 0 Å². The van der Waals surface area contributed by atoms with Crippen molar-refractivity contribution in [3.63, 3.8) is 0 Å². The van der Waals surface area contributed by atoms with Gasteiger partial charge >= 0.3 is 0 Å². The molecule has 2 aromatic carbocycles. The molecule has 0 aromatic heterocycles. The Balaban J connectivity index is 1.71. The van der Waals surface area contributed by atoms with Crippen molar-refractivity contribution in [3.8, 4) is 11.5 Å². The third-order valence-electron chi connectivity index (χ3n) is 2.81. The van der Waals surface area contributed by atoms with Gasteiger partial charge in [0.1, 0.15) is 11.5 Å². The fraction of sp³-hybridized carbons (Fsp3) is 0.250. The summed E-state index contributed by atoms with van der Waals surface area (Å²) < 4.78 is 11.9. The number of methoxy groups -OCH3 is 1. The molecule has 20 heavy (non-hydrogen) atoms. The fourth-order valence-corrected chi connectivity index (χ4v) is 2.19. The molecule has 106 valence electrons. The van der Waals surface area contributed by atoms with E-state index in [0.717, 1.165) is 34.6 Å². The maximum atomic E-state index is 5.64. The molecule has 2 rings (SSSR count). The monoisotopic (exact) mass is 335 g/mol. The van der Waals surface area contributed by atoms with Gasteiger partial charge in [-0.05, 0) is 46.6 Å². The van der Waals surface area contributed by atoms with E-state index in [4.69, 9.17) is 9.47 Å². The van der Waals surface area contributed by atoms with Crippen molar-refractivity contribution < 1.29 is 9.47 Å². The van der Waals surface area contributed by atoms with Gasteiger partial charge in [-0.2, -0.15) is 0 Å². The molecule has 3 nitrogen and oxygen atoms in total. The Kier molecular flexibility index (Phi) is 5.74. The van der Waals surface area contributed by atoms with Crippen LogP contribution < -0.4 is 14.8 Å². The van der Waals surface area contributed by atoms with Crippen LogP contribution in [-0.4, -0.2) is 20.3 Å². The van der Waals surface area contributed by atoms with E-state index in [2.05, 4.69) is 21.2 Å². The summed E-state index contributed by atoms with van der Waals surface area (Å²) in [6.07, 6.45) is 0.938. The molecule has 0 aliphatic rings. The van der Waals surface area contributed by atoms with E-state index >= 15 is 0 Å². The van der Waals surface area contributed by atoms with Crippen LogP contribution in [-0.2, 0) is 0 Å². The normalized spacial score (nSPS) is 10.1. The lowest BCUT2D eigenvalue weighted by Crippen LogP contribution is -2.07. The van der Waals surface area contributed by atoms with E-state index in [0.29, 0.717) is 6.61 Å². The van der Waals surface area contributed by atoms with Crippen LogP contribution in [0.25, 0.3) is 0 Å². The van der Waals surface area contributed by atoms with Gasteiger partial charge in [-0.3, -0.25) is 0 Å². The summed E-state index contributed by atoms with van der Waals surface area (Å²) in [5.74, 6) is 1.74. The van der Waals surface area contributed by atoms with Crippen LogP contribution in [0, 0.1) is 0 Å². The third-order valence-corrected chi connectivity index (χ3v) is 3.47. The molecular weight excluding hydrogens is 318 g/mol. The maximum Gasteiger partial charge on any atom is 0.135 e. The second kappa shape index (κ2) is 7.80. The fourth-order valence-electron chi connectivity index (χ4n) is 1.78. The van der Waals surface area contributed by atoms with E-state index < -0.39 is 0 Å². The number of hydrogen-bond acceptors (Lipinski definition) is 3. The molecule has 0 radical (unpaired) electrons. The van der Waals surface area contributed by atoms with Gasteiger partial charge in [0.2, 0.25) is 0 Å². The molecule has 0 heterocycles. The number of hydrogen-bond donors (Lipinski definition) is 1. The first kappa shape index (κ1) is 14.7. The predicted octanol–water partition coefficient (Wildman–Crippen LogP) is 4.34. The first-order valence-electron chi connectivity index (χ1n) is 6.55. The Bertz CT molecular complexity index is 531. The summed E-state index contributed by atoms with van der Waals surface area (Å²) in [5, 5.41) is 3.35. The highest BCUT2D eigenvalue weighted by Gasteiger charge is 2.01. The van der Waals surface area contributed by atoms with E-state index in [1.54, 1.807) is 7.11 Å². The van der Waals surface area contributed by atoms with Crippen molar-refractivity contribution in [2.24, 2.45) is 0 Å². The average molecular weight is 336 g/mol. The Morgan fingerprint density at radius 1 is 1.10 bits per heavy atom. The smallest absolute Gasteiger partial charge is 0.135 e. The van der Waals surface area contributed by atoms with Crippen molar-refractivity contribution in [2.45, 2.75) is 6.42 Å². The van der Waals surface area contributed by atoms with Crippen LogP contribution >= 0.6 is 15.9 Å². The molecule has 0 bridgehead atoms.